The number of nitrogens with one attached hydrogen (secondary N) is 2. The van der Waals surface area contributed by atoms with Gasteiger partial charge in [0.1, 0.15) is 0 Å². The number of nitrogens with zero attached hydrogens (tertiary/aromatic N) is 1. The second-order valence-corrected chi connectivity index (χ2v) is 5.61. The average Bonchev–Trinajstić information content (AvgIpc) is 2.56. The molecule has 5 nitrogen and oxygen atoms in total. The van der Waals surface area contributed by atoms with Crippen LogP contribution in [0.2, 0.25) is 10.0 Å². The summed E-state index contributed by atoms with van der Waals surface area (Å²) >= 11 is 11.8. The summed E-state index contributed by atoms with van der Waals surface area (Å²) in [4.78, 5) is 27.7. The van der Waals surface area contributed by atoms with Gasteiger partial charge in [-0.05, 0) is 29.8 Å². The van der Waals surface area contributed by atoms with Gasteiger partial charge in [0.2, 0.25) is 5.91 Å². The normalized spacial score (nSPS) is 10.2. The number of hydrogen-bond donors (Lipinski definition) is 2. The number of rotatable bonds is 6. The summed E-state index contributed by atoms with van der Waals surface area (Å²) in [6.45, 7) is 0.612. The number of carbonyl (C=O) groups is 2. The third kappa shape index (κ3) is 5.54. The number of halogens is 2. The van der Waals surface area contributed by atoms with Crippen LogP contribution >= 0.6 is 23.2 Å². The Bertz CT molecular complexity index is 693. The molecular formula is C16H15Cl2N3O2. The van der Waals surface area contributed by atoms with Gasteiger partial charge in [0.25, 0.3) is 5.91 Å². The van der Waals surface area contributed by atoms with Gasteiger partial charge in [-0.25, -0.2) is 0 Å². The third-order valence-electron chi connectivity index (χ3n) is 3.02. The second kappa shape index (κ2) is 8.50. The van der Waals surface area contributed by atoms with E-state index in [9.17, 15) is 9.59 Å². The summed E-state index contributed by atoms with van der Waals surface area (Å²) in [5, 5.41) is 6.13. The molecular weight excluding hydrogens is 337 g/mol. The van der Waals surface area contributed by atoms with Crippen molar-refractivity contribution in [3.05, 3.63) is 63.9 Å². The Kier molecular flexibility index (Phi) is 6.38. The van der Waals surface area contributed by atoms with Crippen molar-refractivity contribution in [2.24, 2.45) is 0 Å². The lowest BCUT2D eigenvalue weighted by atomic mass is 10.2. The van der Waals surface area contributed by atoms with E-state index in [4.69, 9.17) is 23.2 Å². The molecule has 0 spiro atoms. The van der Waals surface area contributed by atoms with Gasteiger partial charge in [-0.15, -0.1) is 0 Å². The molecule has 0 fully saturated rings. The van der Waals surface area contributed by atoms with Gasteiger partial charge < -0.3 is 10.6 Å². The highest BCUT2D eigenvalue weighted by Crippen LogP contribution is 2.20. The van der Waals surface area contributed by atoms with E-state index in [1.807, 2.05) is 6.07 Å². The number of carbonyl (C=O) groups excluding carboxylic acids is 2. The molecule has 2 amide bonds. The van der Waals surface area contributed by atoms with Crippen LogP contribution in [0.25, 0.3) is 0 Å². The van der Waals surface area contributed by atoms with Crippen molar-refractivity contribution in [1.29, 1.82) is 0 Å². The van der Waals surface area contributed by atoms with Crippen molar-refractivity contribution in [2.45, 2.75) is 13.0 Å². The lowest BCUT2D eigenvalue weighted by Crippen LogP contribution is -2.30. The van der Waals surface area contributed by atoms with E-state index in [1.165, 1.54) is 6.07 Å². The molecule has 2 aromatic rings. The highest BCUT2D eigenvalue weighted by Gasteiger charge is 2.11. The van der Waals surface area contributed by atoms with Crippen molar-refractivity contribution in [3.8, 4) is 0 Å². The zero-order valence-electron chi connectivity index (χ0n) is 12.2. The van der Waals surface area contributed by atoms with Crippen molar-refractivity contribution < 1.29 is 9.59 Å². The molecule has 0 aliphatic carbocycles. The van der Waals surface area contributed by atoms with Crippen LogP contribution in [0.3, 0.4) is 0 Å². The molecule has 23 heavy (non-hydrogen) atoms. The zero-order valence-corrected chi connectivity index (χ0v) is 13.7. The predicted octanol–water partition coefficient (Wildman–Crippen LogP) is 2.82. The Balaban J connectivity index is 1.75. The van der Waals surface area contributed by atoms with Crippen LogP contribution in [-0.4, -0.2) is 23.3 Å². The molecule has 0 atom stereocenters. The Hall–Kier alpha value is -2.11. The highest BCUT2D eigenvalue weighted by molar-refractivity contribution is 6.35. The van der Waals surface area contributed by atoms with E-state index < -0.39 is 0 Å². The molecule has 120 valence electrons. The first-order chi connectivity index (χ1) is 11.1. The van der Waals surface area contributed by atoms with E-state index >= 15 is 0 Å². The quantitative estimate of drug-likeness (QED) is 0.840. The molecule has 1 aromatic carbocycles. The first kappa shape index (κ1) is 17.2. The summed E-state index contributed by atoms with van der Waals surface area (Å²) in [6.07, 6.45) is 3.52. The third-order valence-corrected chi connectivity index (χ3v) is 3.59. The lowest BCUT2D eigenvalue weighted by Gasteiger charge is -2.08. The summed E-state index contributed by atoms with van der Waals surface area (Å²) in [6, 6.07) is 8.32. The maximum absolute atomic E-state index is 12.0. The molecule has 0 saturated carbocycles. The van der Waals surface area contributed by atoms with Crippen LogP contribution in [-0.2, 0) is 11.3 Å². The summed E-state index contributed by atoms with van der Waals surface area (Å²) in [5.41, 5.74) is 1.20. The highest BCUT2D eigenvalue weighted by atomic mass is 35.5. The van der Waals surface area contributed by atoms with Gasteiger partial charge >= 0.3 is 0 Å². The molecule has 0 aliphatic rings. The van der Waals surface area contributed by atoms with Crippen LogP contribution in [0.4, 0.5) is 0 Å². The average molecular weight is 352 g/mol. The largest absolute Gasteiger partial charge is 0.352 e. The standard InChI is InChI=1S/C16H15Cl2N3O2/c17-12-3-4-14(18)13(8-12)16(23)20-7-5-15(22)21-10-11-2-1-6-19-9-11/h1-4,6,8-9H,5,7,10H2,(H,20,23)(H,21,22). The SMILES string of the molecule is O=C(CCNC(=O)c1cc(Cl)ccc1Cl)NCc1cccnc1. The first-order valence-corrected chi connectivity index (χ1v) is 7.70. The summed E-state index contributed by atoms with van der Waals surface area (Å²) in [5.74, 6) is -0.524. The monoisotopic (exact) mass is 351 g/mol. The van der Waals surface area contributed by atoms with Crippen LogP contribution in [0.5, 0.6) is 0 Å². The smallest absolute Gasteiger partial charge is 0.252 e. The zero-order chi connectivity index (χ0) is 16.7. The van der Waals surface area contributed by atoms with Crippen molar-refractivity contribution in [1.82, 2.24) is 15.6 Å². The number of pyridine rings is 1. The van der Waals surface area contributed by atoms with E-state index in [2.05, 4.69) is 15.6 Å². The minimum atomic E-state index is -0.363. The first-order valence-electron chi connectivity index (χ1n) is 6.95. The number of amides is 2. The van der Waals surface area contributed by atoms with E-state index in [0.29, 0.717) is 16.6 Å². The molecule has 0 radical (unpaired) electrons. The Morgan fingerprint density at radius 2 is 1.96 bits per heavy atom. The van der Waals surface area contributed by atoms with Gasteiger partial charge in [0, 0.05) is 36.9 Å². The molecule has 1 heterocycles. The van der Waals surface area contributed by atoms with Crippen molar-refractivity contribution in [2.75, 3.05) is 6.54 Å². The van der Waals surface area contributed by atoms with Gasteiger partial charge in [-0.2, -0.15) is 0 Å². The number of hydrogen-bond acceptors (Lipinski definition) is 3. The number of benzene rings is 1. The Morgan fingerprint density at radius 3 is 2.70 bits per heavy atom. The Labute approximate surface area is 144 Å². The predicted molar refractivity (Wildman–Crippen MR) is 89.5 cm³/mol. The molecule has 1 aromatic heterocycles. The molecule has 0 aliphatic heterocycles. The molecule has 0 saturated heterocycles. The molecule has 7 heteroatoms. The Morgan fingerprint density at radius 1 is 1.13 bits per heavy atom. The molecule has 0 bridgehead atoms. The molecule has 0 unspecified atom stereocenters. The van der Waals surface area contributed by atoms with E-state index in [-0.39, 0.29) is 30.3 Å². The maximum atomic E-state index is 12.0. The van der Waals surface area contributed by atoms with Gasteiger partial charge in [0.15, 0.2) is 0 Å². The van der Waals surface area contributed by atoms with Crippen LogP contribution in [0, 0.1) is 0 Å². The minimum Gasteiger partial charge on any atom is -0.352 e. The minimum absolute atomic E-state index is 0.161. The lowest BCUT2D eigenvalue weighted by molar-refractivity contribution is -0.121. The number of aromatic nitrogens is 1. The molecule has 2 rings (SSSR count). The second-order valence-electron chi connectivity index (χ2n) is 4.77. The summed E-state index contributed by atoms with van der Waals surface area (Å²) < 4.78 is 0. The van der Waals surface area contributed by atoms with Gasteiger partial charge in [-0.3, -0.25) is 14.6 Å². The topological polar surface area (TPSA) is 71.1 Å². The fourth-order valence-electron chi connectivity index (χ4n) is 1.85. The fourth-order valence-corrected chi connectivity index (χ4v) is 2.22. The van der Waals surface area contributed by atoms with Gasteiger partial charge in [-0.1, -0.05) is 29.3 Å². The van der Waals surface area contributed by atoms with Crippen LogP contribution in [0.15, 0.2) is 42.7 Å². The van der Waals surface area contributed by atoms with E-state index in [0.717, 1.165) is 5.56 Å². The van der Waals surface area contributed by atoms with Crippen LogP contribution in [0.1, 0.15) is 22.3 Å². The summed E-state index contributed by atoms with van der Waals surface area (Å²) in [7, 11) is 0. The van der Waals surface area contributed by atoms with Gasteiger partial charge in [0.05, 0.1) is 10.6 Å². The van der Waals surface area contributed by atoms with Crippen molar-refractivity contribution in [3.63, 3.8) is 0 Å². The fraction of sp³-hybridized carbons (Fsp3) is 0.188. The van der Waals surface area contributed by atoms with Crippen LogP contribution < -0.4 is 10.6 Å². The van der Waals surface area contributed by atoms with Crippen molar-refractivity contribution >= 4 is 35.0 Å². The maximum Gasteiger partial charge on any atom is 0.252 e. The van der Waals surface area contributed by atoms with E-state index in [1.54, 1.807) is 30.6 Å². The molecule has 2 N–H and O–H groups in total.